The molecule has 2 aromatic heterocycles. The van der Waals surface area contributed by atoms with Gasteiger partial charge in [-0.05, 0) is 31.5 Å². The van der Waals surface area contributed by atoms with Gasteiger partial charge in [-0.1, -0.05) is 0 Å². The molecule has 1 unspecified atom stereocenters. The van der Waals surface area contributed by atoms with Gasteiger partial charge < -0.3 is 25.2 Å². The molecule has 2 saturated heterocycles. The van der Waals surface area contributed by atoms with Crippen LogP contribution in [0.2, 0.25) is 0 Å². The molecule has 3 N–H and O–H groups in total. The number of morpholine rings is 1. The Labute approximate surface area is 194 Å². The van der Waals surface area contributed by atoms with Crippen LogP contribution in [0.5, 0.6) is 0 Å². The van der Waals surface area contributed by atoms with Crippen molar-refractivity contribution >= 4 is 23.3 Å². The maximum atomic E-state index is 10.6. The first kappa shape index (κ1) is 28.1. The molecule has 0 radical (unpaired) electrons. The van der Waals surface area contributed by atoms with E-state index >= 15 is 0 Å². The predicted octanol–water partition coefficient (Wildman–Crippen LogP) is 2.30. The maximum absolute atomic E-state index is 10.6. The van der Waals surface area contributed by atoms with Gasteiger partial charge in [-0.2, -0.15) is 31.4 Å². The van der Waals surface area contributed by atoms with Crippen LogP contribution in [0, 0.1) is 0 Å². The molecule has 1 atom stereocenters. The summed E-state index contributed by atoms with van der Waals surface area (Å²) >= 11 is 0. The van der Waals surface area contributed by atoms with Crippen molar-refractivity contribution in [1.82, 2.24) is 19.9 Å². The first-order valence-corrected chi connectivity index (χ1v) is 10.3. The minimum Gasteiger partial charge on any atom is -0.475 e. The largest absolute Gasteiger partial charge is 0.490 e. The number of carboxylic acid groups (broad SMARTS) is 2. The van der Waals surface area contributed by atoms with E-state index < -0.39 is 24.3 Å². The molecule has 2 aromatic rings. The molecular weight excluding hydrogens is 492 g/mol. The number of carboxylic acids is 2. The first-order chi connectivity index (χ1) is 16.3. The van der Waals surface area contributed by atoms with Gasteiger partial charge in [0.15, 0.2) is 11.5 Å². The minimum atomic E-state index is -5.08. The zero-order valence-corrected chi connectivity index (χ0v) is 18.1. The van der Waals surface area contributed by atoms with Gasteiger partial charge in [0.25, 0.3) is 0 Å². The van der Waals surface area contributed by atoms with Crippen molar-refractivity contribution in [1.29, 1.82) is 0 Å². The average Bonchev–Trinajstić information content (AvgIpc) is 3.23. The van der Waals surface area contributed by atoms with E-state index in [2.05, 4.69) is 28.5 Å². The van der Waals surface area contributed by atoms with E-state index in [0.717, 1.165) is 50.9 Å². The van der Waals surface area contributed by atoms with Gasteiger partial charge in [0.2, 0.25) is 0 Å². The van der Waals surface area contributed by atoms with E-state index in [1.165, 1.54) is 18.5 Å². The summed E-state index contributed by atoms with van der Waals surface area (Å²) in [5, 5.41) is 22.4. The number of hydrogen-bond donors (Lipinski definition) is 3. The van der Waals surface area contributed by atoms with Crippen LogP contribution in [0.1, 0.15) is 24.6 Å². The molecule has 4 rings (SSSR count). The number of rotatable bonds is 2. The molecule has 16 heteroatoms. The third-order valence-electron chi connectivity index (χ3n) is 4.85. The number of aliphatic carboxylic acids is 2. The van der Waals surface area contributed by atoms with E-state index in [0.29, 0.717) is 5.92 Å². The molecule has 35 heavy (non-hydrogen) atoms. The number of halogens is 6. The summed E-state index contributed by atoms with van der Waals surface area (Å²) in [4.78, 5) is 24.8. The van der Waals surface area contributed by atoms with Crippen molar-refractivity contribution in [3.05, 3.63) is 24.2 Å². The SMILES string of the molecule is O=C(O)C(F)(F)F.O=C(O)C(F)(F)F.c1cc2nc(C3CCCNC3)nn2cc1N1CCOCC1. The number of alkyl halides is 6. The second kappa shape index (κ2) is 12.0. The van der Waals surface area contributed by atoms with Gasteiger partial charge in [-0.15, -0.1) is 0 Å². The fourth-order valence-electron chi connectivity index (χ4n) is 3.14. The topological polar surface area (TPSA) is 129 Å². The first-order valence-electron chi connectivity index (χ1n) is 10.3. The molecular formula is C19H23F6N5O5. The van der Waals surface area contributed by atoms with Gasteiger partial charge in [0.05, 0.1) is 25.1 Å². The predicted molar refractivity (Wildman–Crippen MR) is 108 cm³/mol. The Morgan fingerprint density at radius 1 is 1.03 bits per heavy atom. The van der Waals surface area contributed by atoms with Crippen LogP contribution in [-0.2, 0) is 14.3 Å². The fraction of sp³-hybridized carbons (Fsp3) is 0.579. The van der Waals surface area contributed by atoms with Crippen molar-refractivity contribution in [2.24, 2.45) is 0 Å². The number of hydrogen-bond acceptors (Lipinski definition) is 7. The summed E-state index contributed by atoms with van der Waals surface area (Å²) in [6, 6.07) is 4.20. The van der Waals surface area contributed by atoms with Crippen LogP contribution in [0.3, 0.4) is 0 Å². The number of nitrogens with zero attached hydrogens (tertiary/aromatic N) is 4. The second-order valence-electron chi connectivity index (χ2n) is 7.41. The third kappa shape index (κ3) is 8.86. The third-order valence-corrected chi connectivity index (χ3v) is 4.85. The Hall–Kier alpha value is -3.14. The van der Waals surface area contributed by atoms with Gasteiger partial charge in [-0.25, -0.2) is 19.1 Å². The van der Waals surface area contributed by atoms with E-state index in [4.69, 9.17) is 34.6 Å². The number of nitrogens with one attached hydrogen (secondary N) is 1. The smallest absolute Gasteiger partial charge is 0.475 e. The Balaban J connectivity index is 0.000000257. The van der Waals surface area contributed by atoms with Crippen molar-refractivity contribution in [3.63, 3.8) is 0 Å². The highest BCUT2D eigenvalue weighted by Crippen LogP contribution is 2.22. The van der Waals surface area contributed by atoms with E-state index in [-0.39, 0.29) is 0 Å². The van der Waals surface area contributed by atoms with Crippen LogP contribution in [0.25, 0.3) is 5.65 Å². The molecule has 10 nitrogen and oxygen atoms in total. The zero-order valence-electron chi connectivity index (χ0n) is 18.1. The van der Waals surface area contributed by atoms with E-state index in [1.54, 1.807) is 0 Å². The van der Waals surface area contributed by atoms with Crippen LogP contribution in [0.15, 0.2) is 18.3 Å². The Kier molecular flexibility index (Phi) is 9.64. The van der Waals surface area contributed by atoms with Crippen LogP contribution in [0.4, 0.5) is 32.0 Å². The van der Waals surface area contributed by atoms with Crippen molar-refractivity contribution in [2.45, 2.75) is 31.1 Å². The van der Waals surface area contributed by atoms with Gasteiger partial charge in [0, 0.05) is 25.6 Å². The number of fused-ring (bicyclic) bond motifs is 1. The van der Waals surface area contributed by atoms with Gasteiger partial charge in [0.1, 0.15) is 0 Å². The normalized spacial score (nSPS) is 18.7. The number of piperidine rings is 1. The molecule has 196 valence electrons. The molecule has 2 aliphatic rings. The van der Waals surface area contributed by atoms with E-state index in [9.17, 15) is 26.3 Å². The monoisotopic (exact) mass is 515 g/mol. The van der Waals surface area contributed by atoms with E-state index in [1.807, 2.05) is 4.52 Å². The fourth-order valence-corrected chi connectivity index (χ4v) is 3.14. The highest BCUT2D eigenvalue weighted by Gasteiger charge is 2.38. The van der Waals surface area contributed by atoms with Crippen molar-refractivity contribution in [2.75, 3.05) is 44.3 Å². The lowest BCUT2D eigenvalue weighted by Gasteiger charge is -2.28. The summed E-state index contributed by atoms with van der Waals surface area (Å²) in [5.41, 5.74) is 2.14. The number of anilines is 1. The van der Waals surface area contributed by atoms with Crippen LogP contribution < -0.4 is 10.2 Å². The molecule has 2 aliphatic heterocycles. The Morgan fingerprint density at radius 3 is 2.09 bits per heavy atom. The lowest BCUT2D eigenvalue weighted by Crippen LogP contribution is -2.36. The van der Waals surface area contributed by atoms with Crippen molar-refractivity contribution in [3.8, 4) is 0 Å². The summed E-state index contributed by atoms with van der Waals surface area (Å²) in [7, 11) is 0. The zero-order chi connectivity index (χ0) is 26.2. The summed E-state index contributed by atoms with van der Waals surface area (Å²) in [5.74, 6) is -4.09. The number of ether oxygens (including phenoxy) is 1. The van der Waals surface area contributed by atoms with Gasteiger partial charge >= 0.3 is 24.3 Å². The lowest BCUT2D eigenvalue weighted by atomic mass is 9.99. The quantitative estimate of drug-likeness (QED) is 0.516. The molecule has 0 amide bonds. The molecule has 0 aliphatic carbocycles. The maximum Gasteiger partial charge on any atom is 0.490 e. The molecule has 0 spiro atoms. The highest BCUT2D eigenvalue weighted by molar-refractivity contribution is 5.73. The second-order valence-corrected chi connectivity index (χ2v) is 7.41. The van der Waals surface area contributed by atoms with Crippen LogP contribution in [-0.4, -0.2) is 88.5 Å². The standard InChI is InChI=1S/C15H21N5O.2C2HF3O2/c1-2-12(10-16-5-1)15-17-14-4-3-13(11-20(14)18-15)19-6-8-21-9-7-19;2*3-2(4,5)1(6)7/h3-4,11-12,16H,1-2,5-10H2;2*(H,6,7). The van der Waals surface area contributed by atoms with Crippen LogP contribution >= 0.6 is 0 Å². The molecule has 0 bridgehead atoms. The Morgan fingerprint density at radius 2 is 1.60 bits per heavy atom. The molecule has 2 fully saturated rings. The average molecular weight is 515 g/mol. The number of aromatic nitrogens is 3. The summed E-state index contributed by atoms with van der Waals surface area (Å²) in [6.07, 6.45) is -5.69. The Bertz CT molecular complexity index is 945. The summed E-state index contributed by atoms with van der Waals surface area (Å²) in [6.45, 7) is 5.60. The van der Waals surface area contributed by atoms with Gasteiger partial charge in [-0.3, -0.25) is 0 Å². The molecule has 4 heterocycles. The molecule has 0 aromatic carbocycles. The lowest BCUT2D eigenvalue weighted by molar-refractivity contribution is -0.193. The molecule has 0 saturated carbocycles. The number of pyridine rings is 1. The highest BCUT2D eigenvalue weighted by atomic mass is 19.4. The van der Waals surface area contributed by atoms with Crippen molar-refractivity contribution < 1.29 is 50.9 Å². The summed E-state index contributed by atoms with van der Waals surface area (Å²) < 4.78 is 70.8. The minimum absolute atomic E-state index is 0.450. The number of carbonyl (C=O) groups is 2.